The van der Waals surface area contributed by atoms with Crippen LogP contribution in [0.25, 0.3) is 0 Å². The van der Waals surface area contributed by atoms with E-state index in [4.69, 9.17) is 23.7 Å². The molecule has 0 aliphatic carbocycles. The topological polar surface area (TPSA) is 121 Å². The Balaban J connectivity index is 3.31. The van der Waals surface area contributed by atoms with Crippen LogP contribution in [0.4, 0.5) is 4.39 Å². The van der Waals surface area contributed by atoms with Gasteiger partial charge >= 0.3 is 0 Å². The number of Topliss-reactive ketones (excluding diaryl/α,β-unsaturated/α-hetero) is 1. The predicted molar refractivity (Wildman–Crippen MR) is 115 cm³/mol. The lowest BCUT2D eigenvalue weighted by atomic mass is 10.2. The van der Waals surface area contributed by atoms with Crippen molar-refractivity contribution in [3.8, 4) is 0 Å². The Labute approximate surface area is 189 Å². The molecule has 11 heteroatoms. The van der Waals surface area contributed by atoms with Crippen LogP contribution in [-0.2, 0) is 38.1 Å². The smallest absolute Gasteiger partial charge is 0.256 e. The normalized spacial score (nSPS) is 12.0. The molecule has 10 nitrogen and oxygen atoms in total. The highest BCUT2D eigenvalue weighted by atomic mass is 19.1. The van der Waals surface area contributed by atoms with Crippen LogP contribution in [0.2, 0.25) is 0 Å². The Hall–Kier alpha value is -1.66. The van der Waals surface area contributed by atoms with Crippen LogP contribution in [-0.4, -0.2) is 103 Å². The Morgan fingerprint density at radius 3 is 1.66 bits per heavy atom. The number of ether oxygens (including phenoxy) is 5. The molecule has 0 fully saturated rings. The average Bonchev–Trinajstić information content (AvgIpc) is 2.78. The van der Waals surface area contributed by atoms with Crippen LogP contribution in [0.1, 0.15) is 27.2 Å². The van der Waals surface area contributed by atoms with Gasteiger partial charge in [-0.15, -0.1) is 0 Å². The lowest BCUT2D eigenvalue weighted by Gasteiger charge is -2.12. The molecule has 0 bridgehead atoms. The maximum atomic E-state index is 13.6. The molecule has 0 spiro atoms. The van der Waals surface area contributed by atoms with E-state index in [-0.39, 0.29) is 43.9 Å². The molecule has 0 aromatic carbocycles. The lowest BCUT2D eigenvalue weighted by molar-refractivity contribution is -0.127. The van der Waals surface area contributed by atoms with E-state index in [0.717, 1.165) is 0 Å². The lowest BCUT2D eigenvalue weighted by Crippen LogP contribution is -2.42. The van der Waals surface area contributed by atoms with Crippen molar-refractivity contribution in [1.29, 1.82) is 0 Å². The number of halogens is 1. The fraction of sp³-hybridized carbons (Fsp3) is 0.857. The summed E-state index contributed by atoms with van der Waals surface area (Å²) in [6, 6.07) is 0. The minimum atomic E-state index is -1.80. The third kappa shape index (κ3) is 19.1. The van der Waals surface area contributed by atoms with Crippen molar-refractivity contribution in [2.45, 2.75) is 33.4 Å². The number of hydrogen-bond donors (Lipinski definition) is 2. The SMILES string of the molecule is CCC(=O)COCCOCCOCCOCCOCCNC(=O)C(F)CNC(=O)C(C)C. The zero-order valence-electron chi connectivity index (χ0n) is 19.5. The van der Waals surface area contributed by atoms with Gasteiger partial charge < -0.3 is 34.3 Å². The molecular weight excluding hydrogens is 427 g/mol. The summed E-state index contributed by atoms with van der Waals surface area (Å²) in [4.78, 5) is 33.9. The monoisotopic (exact) mass is 466 g/mol. The maximum absolute atomic E-state index is 13.6. The number of alkyl halides is 1. The highest BCUT2D eigenvalue weighted by Crippen LogP contribution is 1.94. The second-order valence-electron chi connectivity index (χ2n) is 7.05. The van der Waals surface area contributed by atoms with Gasteiger partial charge in [-0.2, -0.15) is 0 Å². The van der Waals surface area contributed by atoms with Gasteiger partial charge in [-0.25, -0.2) is 4.39 Å². The summed E-state index contributed by atoms with van der Waals surface area (Å²) in [6.07, 6.45) is -1.32. The number of ketones is 1. The van der Waals surface area contributed by atoms with Crippen LogP contribution >= 0.6 is 0 Å². The van der Waals surface area contributed by atoms with Crippen LogP contribution < -0.4 is 10.6 Å². The predicted octanol–water partition coefficient (Wildman–Crippen LogP) is 0.275. The summed E-state index contributed by atoms with van der Waals surface area (Å²) in [5, 5.41) is 4.77. The molecule has 1 atom stereocenters. The third-order valence-corrected chi connectivity index (χ3v) is 3.96. The number of nitrogens with one attached hydrogen (secondary N) is 2. The summed E-state index contributed by atoms with van der Waals surface area (Å²) in [7, 11) is 0. The molecule has 0 aliphatic heterocycles. The molecule has 0 aromatic rings. The molecule has 0 radical (unpaired) electrons. The van der Waals surface area contributed by atoms with Gasteiger partial charge in [0.05, 0.1) is 66.0 Å². The van der Waals surface area contributed by atoms with E-state index in [1.54, 1.807) is 20.8 Å². The van der Waals surface area contributed by atoms with Gasteiger partial charge in [-0.1, -0.05) is 20.8 Å². The first-order chi connectivity index (χ1) is 15.4. The van der Waals surface area contributed by atoms with Crippen molar-refractivity contribution in [2.24, 2.45) is 5.92 Å². The van der Waals surface area contributed by atoms with Crippen molar-refractivity contribution in [3.63, 3.8) is 0 Å². The number of carbonyl (C=O) groups excluding carboxylic acids is 3. The van der Waals surface area contributed by atoms with Crippen LogP contribution in [0, 0.1) is 5.92 Å². The number of hydrogen-bond acceptors (Lipinski definition) is 8. The third-order valence-electron chi connectivity index (χ3n) is 3.96. The summed E-state index contributed by atoms with van der Waals surface area (Å²) in [6.45, 7) is 8.54. The van der Waals surface area contributed by atoms with Crippen molar-refractivity contribution >= 4 is 17.6 Å². The molecule has 0 aromatic heterocycles. The largest absolute Gasteiger partial charge is 0.377 e. The highest BCUT2D eigenvalue weighted by molar-refractivity contribution is 5.82. The fourth-order valence-electron chi connectivity index (χ4n) is 2.01. The number of amides is 2. The zero-order valence-corrected chi connectivity index (χ0v) is 19.5. The second kappa shape index (κ2) is 21.2. The van der Waals surface area contributed by atoms with Gasteiger partial charge in [0.15, 0.2) is 12.0 Å². The Morgan fingerprint density at radius 1 is 0.719 bits per heavy atom. The van der Waals surface area contributed by atoms with Crippen LogP contribution in [0.15, 0.2) is 0 Å². The minimum Gasteiger partial charge on any atom is -0.377 e. The highest BCUT2D eigenvalue weighted by Gasteiger charge is 2.18. The molecule has 0 rings (SSSR count). The quantitative estimate of drug-likeness (QED) is 0.218. The minimum absolute atomic E-state index is 0.0702. The molecule has 0 saturated carbocycles. The first kappa shape index (κ1) is 30.3. The van der Waals surface area contributed by atoms with E-state index >= 15 is 0 Å². The van der Waals surface area contributed by atoms with Gasteiger partial charge in [0.25, 0.3) is 5.91 Å². The first-order valence-electron chi connectivity index (χ1n) is 11.0. The molecule has 0 aliphatic rings. The number of rotatable bonds is 22. The maximum Gasteiger partial charge on any atom is 0.256 e. The molecule has 188 valence electrons. The van der Waals surface area contributed by atoms with E-state index < -0.39 is 12.1 Å². The fourth-order valence-corrected chi connectivity index (χ4v) is 2.01. The second-order valence-corrected chi connectivity index (χ2v) is 7.05. The Kier molecular flexibility index (Phi) is 20.1. The summed E-state index contributed by atoms with van der Waals surface area (Å²) in [5.74, 6) is -1.28. The van der Waals surface area contributed by atoms with E-state index in [1.807, 2.05) is 0 Å². The summed E-state index contributed by atoms with van der Waals surface area (Å²) >= 11 is 0. The van der Waals surface area contributed by atoms with Gasteiger partial charge in [0.1, 0.15) is 6.61 Å². The summed E-state index contributed by atoms with van der Waals surface area (Å²) < 4.78 is 40.0. The van der Waals surface area contributed by atoms with E-state index in [9.17, 15) is 18.8 Å². The molecular formula is C21H39FN2O8. The van der Waals surface area contributed by atoms with Crippen molar-refractivity contribution in [1.82, 2.24) is 10.6 Å². The van der Waals surface area contributed by atoms with Gasteiger partial charge in [0.2, 0.25) is 5.91 Å². The van der Waals surface area contributed by atoms with E-state index in [0.29, 0.717) is 59.3 Å². The molecule has 0 heterocycles. The summed E-state index contributed by atoms with van der Waals surface area (Å²) in [5.41, 5.74) is 0. The first-order valence-corrected chi connectivity index (χ1v) is 11.0. The van der Waals surface area contributed by atoms with Gasteiger partial charge in [0, 0.05) is 18.9 Å². The van der Waals surface area contributed by atoms with Gasteiger partial charge in [-0.05, 0) is 0 Å². The van der Waals surface area contributed by atoms with Crippen molar-refractivity contribution < 1.29 is 42.5 Å². The Bertz CT molecular complexity index is 508. The number of carbonyl (C=O) groups is 3. The van der Waals surface area contributed by atoms with E-state index in [2.05, 4.69) is 10.6 Å². The van der Waals surface area contributed by atoms with Crippen LogP contribution in [0.3, 0.4) is 0 Å². The average molecular weight is 467 g/mol. The van der Waals surface area contributed by atoms with E-state index in [1.165, 1.54) is 0 Å². The van der Waals surface area contributed by atoms with Crippen LogP contribution in [0.5, 0.6) is 0 Å². The van der Waals surface area contributed by atoms with Gasteiger partial charge in [-0.3, -0.25) is 14.4 Å². The molecule has 2 N–H and O–H groups in total. The molecule has 32 heavy (non-hydrogen) atoms. The van der Waals surface area contributed by atoms with Crippen molar-refractivity contribution in [3.05, 3.63) is 0 Å². The standard InChI is InChI=1S/C21H39FN2O8/c1-4-18(25)16-32-14-13-31-12-11-30-10-9-29-8-7-28-6-5-23-21(27)19(22)15-24-20(26)17(2)3/h17,19H,4-16H2,1-3H3,(H,23,27)(H,24,26). The van der Waals surface area contributed by atoms with Crippen molar-refractivity contribution in [2.75, 3.05) is 79.2 Å². The zero-order chi connectivity index (χ0) is 24.0. The molecule has 0 saturated heterocycles. The molecule has 2 amide bonds. The molecule has 1 unspecified atom stereocenters. The Morgan fingerprint density at radius 2 is 1.19 bits per heavy atom.